The van der Waals surface area contributed by atoms with Gasteiger partial charge < -0.3 is 19.4 Å². The van der Waals surface area contributed by atoms with Crippen molar-refractivity contribution in [2.75, 3.05) is 19.6 Å². The minimum absolute atomic E-state index is 0.0224. The number of amides is 2. The van der Waals surface area contributed by atoms with E-state index in [0.29, 0.717) is 19.6 Å². The number of aromatic nitrogens is 2. The SMILES string of the molecule is C[C@@H]1CN(C(=O)NCCc2cn3ccccc3n2)C[C@@H](C)O1. The van der Waals surface area contributed by atoms with E-state index in [2.05, 4.69) is 10.3 Å². The molecule has 118 valence electrons. The molecule has 0 aromatic carbocycles. The summed E-state index contributed by atoms with van der Waals surface area (Å²) >= 11 is 0. The Morgan fingerprint density at radius 2 is 2.14 bits per heavy atom. The van der Waals surface area contributed by atoms with Crippen LogP contribution in [0.25, 0.3) is 5.65 Å². The van der Waals surface area contributed by atoms with Crippen LogP contribution in [0.5, 0.6) is 0 Å². The summed E-state index contributed by atoms with van der Waals surface area (Å²) in [6, 6.07) is 5.89. The Hall–Kier alpha value is -2.08. The van der Waals surface area contributed by atoms with E-state index in [0.717, 1.165) is 17.8 Å². The fraction of sp³-hybridized carbons (Fsp3) is 0.500. The van der Waals surface area contributed by atoms with Gasteiger partial charge in [-0.1, -0.05) is 6.07 Å². The number of hydrogen-bond acceptors (Lipinski definition) is 3. The normalized spacial score (nSPS) is 22.0. The fourth-order valence-electron chi connectivity index (χ4n) is 2.86. The highest BCUT2D eigenvalue weighted by molar-refractivity contribution is 5.74. The quantitative estimate of drug-likeness (QED) is 0.939. The van der Waals surface area contributed by atoms with Gasteiger partial charge in [-0.25, -0.2) is 9.78 Å². The molecule has 0 bridgehead atoms. The molecule has 22 heavy (non-hydrogen) atoms. The van der Waals surface area contributed by atoms with Crippen LogP contribution >= 0.6 is 0 Å². The van der Waals surface area contributed by atoms with Crippen molar-refractivity contribution in [3.8, 4) is 0 Å². The van der Waals surface area contributed by atoms with Gasteiger partial charge in [0.05, 0.1) is 17.9 Å². The first-order chi connectivity index (χ1) is 10.6. The smallest absolute Gasteiger partial charge is 0.317 e. The maximum atomic E-state index is 12.2. The summed E-state index contributed by atoms with van der Waals surface area (Å²) in [6.45, 7) is 5.86. The number of imidazole rings is 1. The van der Waals surface area contributed by atoms with Gasteiger partial charge >= 0.3 is 6.03 Å². The Labute approximate surface area is 130 Å². The van der Waals surface area contributed by atoms with E-state index in [9.17, 15) is 4.79 Å². The lowest BCUT2D eigenvalue weighted by atomic mass is 10.2. The third-order valence-corrected chi connectivity index (χ3v) is 3.78. The Morgan fingerprint density at radius 3 is 2.86 bits per heavy atom. The molecule has 6 heteroatoms. The topological polar surface area (TPSA) is 58.9 Å². The van der Waals surface area contributed by atoms with Crippen LogP contribution in [-0.2, 0) is 11.2 Å². The van der Waals surface area contributed by atoms with Crippen LogP contribution in [0, 0.1) is 0 Å². The number of fused-ring (bicyclic) bond motifs is 1. The minimum Gasteiger partial charge on any atom is -0.372 e. The van der Waals surface area contributed by atoms with Crippen molar-refractivity contribution >= 4 is 11.7 Å². The number of hydrogen-bond donors (Lipinski definition) is 1. The standard InChI is InChI=1S/C16H22N4O2/c1-12-9-20(10-13(2)22-12)16(21)17-7-6-14-11-19-8-4-3-5-15(19)18-14/h3-5,8,11-13H,6-7,9-10H2,1-2H3,(H,17,21)/t12-,13-/m1/s1. The molecule has 2 amide bonds. The Kier molecular flexibility index (Phi) is 4.29. The summed E-state index contributed by atoms with van der Waals surface area (Å²) < 4.78 is 7.63. The summed E-state index contributed by atoms with van der Waals surface area (Å²) in [4.78, 5) is 18.5. The number of nitrogens with zero attached hydrogens (tertiary/aromatic N) is 3. The molecule has 1 saturated heterocycles. The van der Waals surface area contributed by atoms with E-state index < -0.39 is 0 Å². The highest BCUT2D eigenvalue weighted by atomic mass is 16.5. The van der Waals surface area contributed by atoms with Crippen LogP contribution in [0.2, 0.25) is 0 Å². The van der Waals surface area contributed by atoms with Crippen molar-refractivity contribution in [3.63, 3.8) is 0 Å². The third-order valence-electron chi connectivity index (χ3n) is 3.78. The molecule has 0 aliphatic carbocycles. The monoisotopic (exact) mass is 302 g/mol. The lowest BCUT2D eigenvalue weighted by Crippen LogP contribution is -2.51. The number of urea groups is 1. The molecular formula is C16H22N4O2. The predicted octanol–water partition coefficient (Wildman–Crippen LogP) is 1.70. The van der Waals surface area contributed by atoms with Gasteiger partial charge in [0.15, 0.2) is 0 Å². The van der Waals surface area contributed by atoms with Crippen molar-refractivity contribution in [1.29, 1.82) is 0 Å². The molecule has 2 aromatic rings. The highest BCUT2D eigenvalue weighted by Crippen LogP contribution is 2.10. The zero-order valence-electron chi connectivity index (χ0n) is 13.0. The Balaban J connectivity index is 1.51. The van der Waals surface area contributed by atoms with Crippen molar-refractivity contribution < 1.29 is 9.53 Å². The summed E-state index contributed by atoms with van der Waals surface area (Å²) in [5.41, 5.74) is 1.91. The molecule has 0 spiro atoms. The lowest BCUT2D eigenvalue weighted by molar-refractivity contribution is -0.0544. The molecule has 0 saturated carbocycles. The number of carbonyl (C=O) groups is 1. The second-order valence-electron chi connectivity index (χ2n) is 5.84. The molecule has 6 nitrogen and oxygen atoms in total. The van der Waals surface area contributed by atoms with Gasteiger partial charge in [-0.3, -0.25) is 0 Å². The van der Waals surface area contributed by atoms with E-state index in [1.54, 1.807) is 0 Å². The third kappa shape index (κ3) is 3.39. The molecule has 3 heterocycles. The molecule has 2 atom stereocenters. The van der Waals surface area contributed by atoms with E-state index in [4.69, 9.17) is 4.74 Å². The second-order valence-corrected chi connectivity index (χ2v) is 5.84. The zero-order chi connectivity index (χ0) is 15.5. The van der Waals surface area contributed by atoms with Crippen LogP contribution in [0.4, 0.5) is 4.79 Å². The van der Waals surface area contributed by atoms with E-state index in [1.165, 1.54) is 0 Å². The van der Waals surface area contributed by atoms with Crippen molar-refractivity contribution in [3.05, 3.63) is 36.3 Å². The molecule has 3 rings (SSSR count). The van der Waals surface area contributed by atoms with Gasteiger partial charge in [0.1, 0.15) is 5.65 Å². The molecule has 1 aliphatic heterocycles. The zero-order valence-corrected chi connectivity index (χ0v) is 13.0. The fourth-order valence-corrected chi connectivity index (χ4v) is 2.86. The maximum Gasteiger partial charge on any atom is 0.317 e. The predicted molar refractivity (Wildman–Crippen MR) is 83.9 cm³/mol. The van der Waals surface area contributed by atoms with Crippen LogP contribution in [0.3, 0.4) is 0 Å². The molecule has 0 unspecified atom stereocenters. The van der Waals surface area contributed by atoms with Crippen molar-refractivity contribution in [2.24, 2.45) is 0 Å². The van der Waals surface area contributed by atoms with E-state index in [1.807, 2.05) is 53.7 Å². The molecule has 2 aromatic heterocycles. The lowest BCUT2D eigenvalue weighted by Gasteiger charge is -2.35. The summed E-state index contributed by atoms with van der Waals surface area (Å²) in [6.07, 6.45) is 4.88. The number of nitrogens with one attached hydrogen (secondary N) is 1. The average molecular weight is 302 g/mol. The van der Waals surface area contributed by atoms with Gasteiger partial charge in [-0.05, 0) is 26.0 Å². The second kappa shape index (κ2) is 6.36. The molecular weight excluding hydrogens is 280 g/mol. The highest BCUT2D eigenvalue weighted by Gasteiger charge is 2.25. The van der Waals surface area contributed by atoms with E-state index in [-0.39, 0.29) is 18.2 Å². The first-order valence-electron chi connectivity index (χ1n) is 7.72. The van der Waals surface area contributed by atoms with Gasteiger partial charge in [-0.15, -0.1) is 0 Å². The molecule has 1 fully saturated rings. The number of ether oxygens (including phenoxy) is 1. The van der Waals surface area contributed by atoms with Gasteiger partial charge in [0.2, 0.25) is 0 Å². The number of carbonyl (C=O) groups excluding carboxylic acids is 1. The first kappa shape index (κ1) is 14.8. The average Bonchev–Trinajstić information content (AvgIpc) is 2.88. The molecule has 0 radical (unpaired) electrons. The van der Waals surface area contributed by atoms with E-state index >= 15 is 0 Å². The van der Waals surface area contributed by atoms with Crippen LogP contribution in [-0.4, -0.2) is 52.2 Å². The number of morpholine rings is 1. The Morgan fingerprint density at radius 1 is 1.36 bits per heavy atom. The van der Waals surface area contributed by atoms with Crippen LogP contribution in [0.15, 0.2) is 30.6 Å². The molecule has 1 N–H and O–H groups in total. The summed E-state index contributed by atoms with van der Waals surface area (Å²) in [5.74, 6) is 0. The summed E-state index contributed by atoms with van der Waals surface area (Å²) in [5, 5.41) is 2.97. The van der Waals surface area contributed by atoms with Crippen molar-refractivity contribution in [1.82, 2.24) is 19.6 Å². The van der Waals surface area contributed by atoms with Gasteiger partial charge in [-0.2, -0.15) is 0 Å². The van der Waals surface area contributed by atoms with Gasteiger partial charge in [0.25, 0.3) is 0 Å². The number of rotatable bonds is 3. The number of pyridine rings is 1. The largest absolute Gasteiger partial charge is 0.372 e. The first-order valence-corrected chi connectivity index (χ1v) is 7.72. The maximum absolute atomic E-state index is 12.2. The van der Waals surface area contributed by atoms with Crippen LogP contribution in [0.1, 0.15) is 19.5 Å². The van der Waals surface area contributed by atoms with Gasteiger partial charge in [0, 0.05) is 38.4 Å². The Bertz CT molecular complexity index is 611. The summed E-state index contributed by atoms with van der Waals surface area (Å²) in [7, 11) is 0. The minimum atomic E-state index is -0.0224. The van der Waals surface area contributed by atoms with Crippen LogP contribution < -0.4 is 5.32 Å². The van der Waals surface area contributed by atoms with Crippen molar-refractivity contribution in [2.45, 2.75) is 32.5 Å². The molecule has 1 aliphatic rings.